The van der Waals surface area contributed by atoms with Crippen molar-refractivity contribution in [3.8, 4) is 5.75 Å². The lowest BCUT2D eigenvalue weighted by Gasteiger charge is -2.11. The molecule has 0 bridgehead atoms. The highest BCUT2D eigenvalue weighted by Crippen LogP contribution is 2.29. The van der Waals surface area contributed by atoms with Crippen molar-refractivity contribution in [3.63, 3.8) is 0 Å². The zero-order valence-corrected chi connectivity index (χ0v) is 10.4. The summed E-state index contributed by atoms with van der Waals surface area (Å²) in [6.07, 6.45) is 1.61. The van der Waals surface area contributed by atoms with Crippen LogP contribution in [-0.4, -0.2) is 7.11 Å². The molecule has 2 rings (SSSR count). The fourth-order valence-electron chi connectivity index (χ4n) is 1.54. The van der Waals surface area contributed by atoms with Crippen LogP contribution < -0.4 is 10.5 Å². The molecule has 0 aliphatic rings. The Balaban J connectivity index is 2.33. The average Bonchev–Trinajstić information content (AvgIpc) is 2.74. The highest BCUT2D eigenvalue weighted by Gasteiger charge is 2.14. The van der Waals surface area contributed by atoms with E-state index in [2.05, 4.69) is 15.9 Å². The molecule has 0 saturated carbocycles. The first kappa shape index (κ1) is 11.2. The highest BCUT2D eigenvalue weighted by atomic mass is 79.9. The fourth-order valence-corrected chi connectivity index (χ4v) is 2.03. The Bertz CT molecular complexity index is 481. The molecule has 0 aliphatic heterocycles. The molecule has 3 nitrogen and oxygen atoms in total. The first-order chi connectivity index (χ1) is 7.72. The average molecular weight is 282 g/mol. The maximum atomic E-state index is 6.14. The summed E-state index contributed by atoms with van der Waals surface area (Å²) in [6, 6.07) is 9.33. The Morgan fingerprint density at radius 3 is 2.81 bits per heavy atom. The number of methoxy groups -OCH3 is 1. The number of hydrogen-bond acceptors (Lipinski definition) is 3. The molecule has 1 heterocycles. The van der Waals surface area contributed by atoms with Crippen LogP contribution in [-0.2, 0) is 0 Å². The lowest BCUT2D eigenvalue weighted by Crippen LogP contribution is -2.11. The van der Waals surface area contributed by atoms with Crippen LogP contribution in [0.25, 0.3) is 0 Å². The van der Waals surface area contributed by atoms with Gasteiger partial charge in [-0.2, -0.15) is 0 Å². The molecule has 0 radical (unpaired) electrons. The predicted molar refractivity (Wildman–Crippen MR) is 65.4 cm³/mol. The normalized spacial score (nSPS) is 12.4. The summed E-state index contributed by atoms with van der Waals surface area (Å²) in [5.41, 5.74) is 8.05. The molecule has 1 aromatic heterocycles. The Morgan fingerprint density at radius 2 is 2.19 bits per heavy atom. The number of nitrogens with two attached hydrogens (primary N) is 1. The molecule has 4 heteroatoms. The van der Waals surface area contributed by atoms with Crippen LogP contribution in [0.1, 0.15) is 17.2 Å². The van der Waals surface area contributed by atoms with Gasteiger partial charge in [0.15, 0.2) is 4.67 Å². The molecule has 84 valence electrons. The largest absolute Gasteiger partial charge is 0.497 e. The summed E-state index contributed by atoms with van der Waals surface area (Å²) in [5, 5.41) is 0. The first-order valence-corrected chi connectivity index (χ1v) is 5.64. The van der Waals surface area contributed by atoms with Crippen LogP contribution in [0.3, 0.4) is 0 Å². The van der Waals surface area contributed by atoms with Gasteiger partial charge in [0.25, 0.3) is 0 Å². The van der Waals surface area contributed by atoms with E-state index >= 15 is 0 Å². The van der Waals surface area contributed by atoms with Gasteiger partial charge in [0, 0.05) is 5.56 Å². The molecular formula is C12H12BrNO2. The van der Waals surface area contributed by atoms with Crippen molar-refractivity contribution in [1.82, 2.24) is 0 Å². The van der Waals surface area contributed by atoms with Gasteiger partial charge in [-0.15, -0.1) is 0 Å². The third-order valence-corrected chi connectivity index (χ3v) is 3.08. The first-order valence-electron chi connectivity index (χ1n) is 4.85. The number of furan rings is 1. The second kappa shape index (κ2) is 4.72. The summed E-state index contributed by atoms with van der Waals surface area (Å²) < 4.78 is 11.0. The van der Waals surface area contributed by atoms with Crippen LogP contribution >= 0.6 is 15.9 Å². The zero-order valence-electron chi connectivity index (χ0n) is 8.81. The second-order valence-electron chi connectivity index (χ2n) is 3.40. The number of halogens is 1. The molecule has 2 aromatic rings. The van der Waals surface area contributed by atoms with Gasteiger partial charge in [0.2, 0.25) is 0 Å². The van der Waals surface area contributed by atoms with E-state index in [1.807, 2.05) is 30.3 Å². The van der Waals surface area contributed by atoms with E-state index in [1.54, 1.807) is 13.4 Å². The highest BCUT2D eigenvalue weighted by molar-refractivity contribution is 9.10. The standard InChI is InChI=1S/C12H12BrNO2/c1-15-9-4-2-3-8(7-9)11(14)10-5-6-16-12(10)13/h2-7,11H,14H2,1H3. The third kappa shape index (κ3) is 2.13. The van der Waals surface area contributed by atoms with Gasteiger partial charge in [0.1, 0.15) is 5.75 Å². The smallest absolute Gasteiger partial charge is 0.174 e. The lowest BCUT2D eigenvalue weighted by molar-refractivity contribution is 0.414. The molecule has 0 aliphatic carbocycles. The molecule has 0 fully saturated rings. The van der Waals surface area contributed by atoms with Gasteiger partial charge in [-0.25, -0.2) is 0 Å². The maximum absolute atomic E-state index is 6.14. The van der Waals surface area contributed by atoms with Crippen LogP contribution in [0.15, 0.2) is 45.7 Å². The van der Waals surface area contributed by atoms with Crippen molar-refractivity contribution >= 4 is 15.9 Å². The van der Waals surface area contributed by atoms with Gasteiger partial charge in [-0.05, 0) is 39.7 Å². The van der Waals surface area contributed by atoms with Gasteiger partial charge in [0.05, 0.1) is 19.4 Å². The van der Waals surface area contributed by atoms with E-state index in [-0.39, 0.29) is 6.04 Å². The Kier molecular flexibility index (Phi) is 3.31. The van der Waals surface area contributed by atoms with Gasteiger partial charge >= 0.3 is 0 Å². The number of ether oxygens (including phenoxy) is 1. The molecule has 2 N–H and O–H groups in total. The predicted octanol–water partition coefficient (Wildman–Crippen LogP) is 3.10. The van der Waals surface area contributed by atoms with E-state index in [0.29, 0.717) is 4.67 Å². The summed E-state index contributed by atoms with van der Waals surface area (Å²) in [7, 11) is 1.64. The Hall–Kier alpha value is -1.26. The van der Waals surface area contributed by atoms with E-state index in [9.17, 15) is 0 Å². The van der Waals surface area contributed by atoms with E-state index in [4.69, 9.17) is 14.9 Å². The molecule has 16 heavy (non-hydrogen) atoms. The number of rotatable bonds is 3. The van der Waals surface area contributed by atoms with Crippen molar-refractivity contribution in [3.05, 3.63) is 52.4 Å². The molecule has 0 amide bonds. The summed E-state index contributed by atoms with van der Waals surface area (Å²) >= 11 is 3.32. The van der Waals surface area contributed by atoms with Crippen molar-refractivity contribution in [2.75, 3.05) is 7.11 Å². The Labute approximate surface area is 102 Å². The van der Waals surface area contributed by atoms with Crippen LogP contribution in [0.5, 0.6) is 5.75 Å². The van der Waals surface area contributed by atoms with E-state index in [0.717, 1.165) is 16.9 Å². The van der Waals surface area contributed by atoms with Crippen LogP contribution in [0.2, 0.25) is 0 Å². The minimum Gasteiger partial charge on any atom is -0.497 e. The van der Waals surface area contributed by atoms with E-state index in [1.165, 1.54) is 0 Å². The molecule has 0 saturated heterocycles. The molecule has 1 atom stereocenters. The van der Waals surface area contributed by atoms with Gasteiger partial charge in [-0.1, -0.05) is 12.1 Å². The van der Waals surface area contributed by atoms with Crippen molar-refractivity contribution in [2.24, 2.45) is 5.73 Å². The molecule has 0 spiro atoms. The summed E-state index contributed by atoms with van der Waals surface area (Å²) in [4.78, 5) is 0. The van der Waals surface area contributed by atoms with E-state index < -0.39 is 0 Å². The minimum atomic E-state index is -0.219. The lowest BCUT2D eigenvalue weighted by atomic mass is 10.0. The molecular weight excluding hydrogens is 270 g/mol. The third-order valence-electron chi connectivity index (χ3n) is 2.43. The number of benzene rings is 1. The summed E-state index contributed by atoms with van der Waals surface area (Å²) in [6.45, 7) is 0. The van der Waals surface area contributed by atoms with Gasteiger partial charge in [-0.3, -0.25) is 0 Å². The fraction of sp³-hybridized carbons (Fsp3) is 0.167. The maximum Gasteiger partial charge on any atom is 0.174 e. The minimum absolute atomic E-state index is 0.219. The molecule has 1 unspecified atom stereocenters. The molecule has 1 aromatic carbocycles. The monoisotopic (exact) mass is 281 g/mol. The van der Waals surface area contributed by atoms with Crippen LogP contribution in [0.4, 0.5) is 0 Å². The number of hydrogen-bond donors (Lipinski definition) is 1. The second-order valence-corrected chi connectivity index (χ2v) is 4.12. The van der Waals surface area contributed by atoms with Crippen molar-refractivity contribution in [2.45, 2.75) is 6.04 Å². The van der Waals surface area contributed by atoms with Crippen molar-refractivity contribution < 1.29 is 9.15 Å². The topological polar surface area (TPSA) is 48.4 Å². The quantitative estimate of drug-likeness (QED) is 0.941. The zero-order chi connectivity index (χ0) is 11.5. The van der Waals surface area contributed by atoms with Crippen molar-refractivity contribution in [1.29, 1.82) is 0 Å². The SMILES string of the molecule is COc1cccc(C(N)c2ccoc2Br)c1. The van der Waals surface area contributed by atoms with Gasteiger partial charge < -0.3 is 14.9 Å². The van der Waals surface area contributed by atoms with Crippen LogP contribution in [0, 0.1) is 0 Å². The Morgan fingerprint density at radius 1 is 1.38 bits per heavy atom. The summed E-state index contributed by atoms with van der Waals surface area (Å²) in [5.74, 6) is 0.799.